The van der Waals surface area contributed by atoms with Crippen molar-refractivity contribution in [3.8, 4) is 0 Å². The summed E-state index contributed by atoms with van der Waals surface area (Å²) >= 11 is 0. The van der Waals surface area contributed by atoms with Crippen LogP contribution in [0.1, 0.15) is 44.1 Å². The van der Waals surface area contributed by atoms with E-state index in [1.165, 1.54) is 5.56 Å². The highest BCUT2D eigenvalue weighted by Gasteiger charge is 2.23. The maximum Gasteiger partial charge on any atom is 0.227 e. The van der Waals surface area contributed by atoms with Gasteiger partial charge in [0.25, 0.3) is 0 Å². The molecule has 0 radical (unpaired) electrons. The third-order valence-corrected chi connectivity index (χ3v) is 4.80. The Morgan fingerprint density at radius 2 is 2.12 bits per heavy atom. The molecule has 5 nitrogen and oxygen atoms in total. The zero-order chi connectivity index (χ0) is 16.8. The second-order valence-corrected chi connectivity index (χ2v) is 6.55. The summed E-state index contributed by atoms with van der Waals surface area (Å²) in [6, 6.07) is 8.07. The molecule has 130 valence electrons. The highest BCUT2D eigenvalue weighted by atomic mass is 16.5. The van der Waals surface area contributed by atoms with Gasteiger partial charge in [-0.2, -0.15) is 0 Å². The Kier molecular flexibility index (Phi) is 5.86. The van der Waals surface area contributed by atoms with E-state index < -0.39 is 0 Å². The topological polar surface area (TPSA) is 58.6 Å². The summed E-state index contributed by atoms with van der Waals surface area (Å²) in [6.45, 7) is 2.16. The van der Waals surface area contributed by atoms with Crippen molar-refractivity contribution in [3.05, 3.63) is 29.8 Å². The number of para-hydroxylation sites is 1. The van der Waals surface area contributed by atoms with Crippen molar-refractivity contribution in [2.75, 3.05) is 24.6 Å². The molecular formula is C19H26N2O3. The van der Waals surface area contributed by atoms with E-state index in [1.54, 1.807) is 0 Å². The Bertz CT molecular complexity index is 582. The lowest BCUT2D eigenvalue weighted by Gasteiger charge is -2.17. The second kappa shape index (κ2) is 8.29. The van der Waals surface area contributed by atoms with Gasteiger partial charge in [0.15, 0.2) is 0 Å². The summed E-state index contributed by atoms with van der Waals surface area (Å²) in [5, 5.41) is 2.91. The van der Waals surface area contributed by atoms with Crippen LogP contribution >= 0.6 is 0 Å². The number of nitrogens with zero attached hydrogens (tertiary/aromatic N) is 1. The van der Waals surface area contributed by atoms with Crippen molar-refractivity contribution in [1.82, 2.24) is 5.32 Å². The molecule has 1 saturated heterocycles. The van der Waals surface area contributed by atoms with Crippen LogP contribution in [0.25, 0.3) is 0 Å². The molecule has 0 aromatic heterocycles. The molecule has 5 heteroatoms. The van der Waals surface area contributed by atoms with Gasteiger partial charge in [-0.05, 0) is 43.7 Å². The number of fused-ring (bicyclic) bond motifs is 1. The van der Waals surface area contributed by atoms with E-state index >= 15 is 0 Å². The van der Waals surface area contributed by atoms with Crippen molar-refractivity contribution in [2.24, 2.45) is 0 Å². The molecule has 1 atom stereocenters. The Balaban J connectivity index is 1.32. The molecule has 0 bridgehead atoms. The number of anilines is 1. The van der Waals surface area contributed by atoms with Gasteiger partial charge < -0.3 is 15.0 Å². The predicted octanol–water partition coefficient (Wildman–Crippen LogP) is 2.43. The smallest absolute Gasteiger partial charge is 0.227 e. The Morgan fingerprint density at radius 1 is 1.25 bits per heavy atom. The van der Waals surface area contributed by atoms with Crippen LogP contribution in [-0.2, 0) is 20.7 Å². The van der Waals surface area contributed by atoms with E-state index in [4.69, 9.17) is 4.74 Å². The molecular weight excluding hydrogens is 304 g/mol. The third kappa shape index (κ3) is 4.35. The normalized spacial score (nSPS) is 19.3. The summed E-state index contributed by atoms with van der Waals surface area (Å²) in [7, 11) is 0. The Labute approximate surface area is 143 Å². The Morgan fingerprint density at radius 3 is 2.96 bits per heavy atom. The number of amides is 2. The van der Waals surface area contributed by atoms with Gasteiger partial charge in [0.1, 0.15) is 0 Å². The molecule has 1 aromatic carbocycles. The number of carbonyl (C=O) groups is 2. The SMILES string of the molecule is O=C(CC[C@H]1CCCO1)NCCCC(=O)N1CCc2ccccc21. The fourth-order valence-electron chi connectivity index (χ4n) is 3.45. The largest absolute Gasteiger partial charge is 0.378 e. The number of carbonyl (C=O) groups excluding carboxylic acids is 2. The van der Waals surface area contributed by atoms with Crippen molar-refractivity contribution in [3.63, 3.8) is 0 Å². The lowest BCUT2D eigenvalue weighted by atomic mass is 10.1. The van der Waals surface area contributed by atoms with Gasteiger partial charge in [-0.1, -0.05) is 18.2 Å². The third-order valence-electron chi connectivity index (χ3n) is 4.80. The molecule has 0 aliphatic carbocycles. The molecule has 3 rings (SSSR count). The van der Waals surface area contributed by atoms with E-state index in [1.807, 2.05) is 23.1 Å². The number of benzene rings is 1. The molecule has 0 saturated carbocycles. The van der Waals surface area contributed by atoms with Gasteiger partial charge in [0.05, 0.1) is 6.10 Å². The fourth-order valence-corrected chi connectivity index (χ4v) is 3.45. The van der Waals surface area contributed by atoms with Crippen LogP contribution < -0.4 is 10.2 Å². The molecule has 1 aromatic rings. The fraction of sp³-hybridized carbons (Fsp3) is 0.579. The van der Waals surface area contributed by atoms with Crippen molar-refractivity contribution >= 4 is 17.5 Å². The first kappa shape index (κ1) is 17.0. The van der Waals surface area contributed by atoms with Crippen LogP contribution in [0.15, 0.2) is 24.3 Å². The van der Waals surface area contributed by atoms with E-state index in [0.29, 0.717) is 25.8 Å². The minimum Gasteiger partial charge on any atom is -0.378 e. The average Bonchev–Trinajstić information content (AvgIpc) is 3.26. The van der Waals surface area contributed by atoms with E-state index in [0.717, 1.165) is 44.5 Å². The van der Waals surface area contributed by atoms with Crippen LogP contribution in [0.2, 0.25) is 0 Å². The first-order valence-corrected chi connectivity index (χ1v) is 9.00. The molecule has 2 aliphatic heterocycles. The minimum absolute atomic E-state index is 0.0597. The summed E-state index contributed by atoms with van der Waals surface area (Å²) in [6.07, 6.45) is 5.83. The van der Waals surface area contributed by atoms with Crippen LogP contribution in [0.5, 0.6) is 0 Å². The van der Waals surface area contributed by atoms with Crippen LogP contribution in [0.3, 0.4) is 0 Å². The van der Waals surface area contributed by atoms with Crippen molar-refractivity contribution in [2.45, 2.75) is 51.0 Å². The Hall–Kier alpha value is -1.88. The van der Waals surface area contributed by atoms with Gasteiger partial charge in [-0.3, -0.25) is 9.59 Å². The first-order valence-electron chi connectivity index (χ1n) is 9.00. The van der Waals surface area contributed by atoms with E-state index in [9.17, 15) is 9.59 Å². The summed E-state index contributed by atoms with van der Waals surface area (Å²) in [5.74, 6) is 0.207. The second-order valence-electron chi connectivity index (χ2n) is 6.55. The number of hydrogen-bond acceptors (Lipinski definition) is 3. The number of hydrogen-bond donors (Lipinski definition) is 1. The summed E-state index contributed by atoms with van der Waals surface area (Å²) in [5.41, 5.74) is 2.29. The van der Waals surface area contributed by atoms with Gasteiger partial charge in [0.2, 0.25) is 11.8 Å². The number of rotatable bonds is 7. The molecule has 2 amide bonds. The lowest BCUT2D eigenvalue weighted by Crippen LogP contribution is -2.30. The standard InChI is InChI=1S/C19H26N2O3/c22-18(10-9-16-6-4-14-24-16)20-12-3-8-19(23)21-13-11-15-5-1-2-7-17(15)21/h1-2,5,7,16H,3-4,6,8-14H2,(H,20,22)/t16-/m1/s1. The monoisotopic (exact) mass is 330 g/mol. The lowest BCUT2D eigenvalue weighted by molar-refractivity contribution is -0.122. The summed E-state index contributed by atoms with van der Waals surface area (Å²) in [4.78, 5) is 26.0. The molecule has 0 spiro atoms. The quantitative estimate of drug-likeness (QED) is 0.781. The predicted molar refractivity (Wildman–Crippen MR) is 93.0 cm³/mol. The van der Waals surface area contributed by atoms with E-state index in [2.05, 4.69) is 11.4 Å². The van der Waals surface area contributed by atoms with E-state index in [-0.39, 0.29) is 17.9 Å². The van der Waals surface area contributed by atoms with Gasteiger partial charge in [0, 0.05) is 38.2 Å². The van der Waals surface area contributed by atoms with Crippen LogP contribution in [-0.4, -0.2) is 37.6 Å². The number of ether oxygens (including phenoxy) is 1. The zero-order valence-electron chi connectivity index (χ0n) is 14.1. The van der Waals surface area contributed by atoms with Gasteiger partial charge in [-0.15, -0.1) is 0 Å². The average molecular weight is 330 g/mol. The van der Waals surface area contributed by atoms with Gasteiger partial charge in [-0.25, -0.2) is 0 Å². The molecule has 1 fully saturated rings. The van der Waals surface area contributed by atoms with Gasteiger partial charge >= 0.3 is 0 Å². The van der Waals surface area contributed by atoms with Crippen LogP contribution in [0, 0.1) is 0 Å². The van der Waals surface area contributed by atoms with Crippen molar-refractivity contribution in [1.29, 1.82) is 0 Å². The zero-order valence-corrected chi connectivity index (χ0v) is 14.1. The minimum atomic E-state index is 0.0597. The highest BCUT2D eigenvalue weighted by molar-refractivity contribution is 5.95. The highest BCUT2D eigenvalue weighted by Crippen LogP contribution is 2.27. The molecule has 24 heavy (non-hydrogen) atoms. The maximum absolute atomic E-state index is 12.3. The first-order chi connectivity index (χ1) is 11.7. The van der Waals surface area contributed by atoms with Crippen molar-refractivity contribution < 1.29 is 14.3 Å². The maximum atomic E-state index is 12.3. The molecule has 2 heterocycles. The number of nitrogens with one attached hydrogen (secondary N) is 1. The van der Waals surface area contributed by atoms with Crippen LogP contribution in [0.4, 0.5) is 5.69 Å². The molecule has 1 N–H and O–H groups in total. The molecule has 2 aliphatic rings. The summed E-state index contributed by atoms with van der Waals surface area (Å²) < 4.78 is 5.52. The molecule has 0 unspecified atom stereocenters.